The summed E-state index contributed by atoms with van der Waals surface area (Å²) >= 11 is 0. The Morgan fingerprint density at radius 1 is 1.08 bits per heavy atom. The number of nitrogens with zero attached hydrogens (tertiary/aromatic N) is 2. The zero-order valence-corrected chi connectivity index (χ0v) is 16.4. The Balaban J connectivity index is 1.46. The molecule has 4 aliphatic carbocycles. The molecule has 0 radical (unpaired) electrons. The first-order valence-electron chi connectivity index (χ1n) is 10.5. The van der Waals surface area contributed by atoms with E-state index < -0.39 is 0 Å². The molecule has 6 atom stereocenters. The molecule has 0 aliphatic heterocycles. The quantitative estimate of drug-likeness (QED) is 0.674. The van der Waals surface area contributed by atoms with Crippen LogP contribution in [0.15, 0.2) is 36.4 Å². The third-order valence-corrected chi connectivity index (χ3v) is 8.71. The van der Waals surface area contributed by atoms with Crippen molar-refractivity contribution in [3.63, 3.8) is 0 Å². The molecule has 26 heavy (non-hydrogen) atoms. The highest BCUT2D eigenvalue weighted by Gasteiger charge is 2.57. The van der Waals surface area contributed by atoms with Gasteiger partial charge >= 0.3 is 0 Å². The van der Waals surface area contributed by atoms with Crippen LogP contribution in [0.2, 0.25) is 0 Å². The first-order chi connectivity index (χ1) is 12.6. The zero-order chi connectivity index (χ0) is 17.9. The van der Waals surface area contributed by atoms with E-state index in [0.29, 0.717) is 16.9 Å². The lowest BCUT2D eigenvalue weighted by Gasteiger charge is -2.57. The topological polar surface area (TPSA) is 27.1 Å². The van der Waals surface area contributed by atoms with Gasteiger partial charge in [0.25, 0.3) is 0 Å². The number of methoxy groups -OCH3 is 1. The van der Waals surface area contributed by atoms with Crippen LogP contribution in [0.1, 0.15) is 58.8 Å². The average Bonchev–Trinajstić information content (AvgIpc) is 3.27. The molecule has 0 saturated heterocycles. The lowest BCUT2D eigenvalue weighted by atomic mass is 9.48. The molecule has 1 heterocycles. The Labute approximate surface area is 157 Å². The van der Waals surface area contributed by atoms with Gasteiger partial charge in [-0.05, 0) is 68.1 Å². The summed E-state index contributed by atoms with van der Waals surface area (Å²) in [6, 6.07) is 0. The molecule has 0 N–H and O–H groups in total. The predicted molar refractivity (Wildman–Crippen MR) is 104 cm³/mol. The summed E-state index contributed by atoms with van der Waals surface area (Å²) in [6.07, 6.45) is 20.5. The summed E-state index contributed by atoms with van der Waals surface area (Å²) in [5.74, 6) is 2.47. The largest absolute Gasteiger partial charge is 0.381 e. The molecule has 3 unspecified atom stereocenters. The summed E-state index contributed by atoms with van der Waals surface area (Å²) in [5.41, 5.74) is 3.94. The van der Waals surface area contributed by atoms with Crippen molar-refractivity contribution in [1.82, 2.24) is 9.55 Å². The first-order valence-corrected chi connectivity index (χ1v) is 10.5. The molecule has 0 aromatic carbocycles. The molecule has 3 heteroatoms. The van der Waals surface area contributed by atoms with E-state index in [1.165, 1.54) is 44.2 Å². The van der Waals surface area contributed by atoms with Crippen LogP contribution in [0.4, 0.5) is 0 Å². The van der Waals surface area contributed by atoms with Gasteiger partial charge < -0.3 is 9.30 Å². The third kappa shape index (κ3) is 2.19. The van der Waals surface area contributed by atoms with Crippen LogP contribution in [0, 0.1) is 28.6 Å². The van der Waals surface area contributed by atoms with Crippen molar-refractivity contribution in [2.24, 2.45) is 28.6 Å². The summed E-state index contributed by atoms with van der Waals surface area (Å²) in [7, 11) is 1.88. The van der Waals surface area contributed by atoms with Crippen molar-refractivity contribution >= 4 is 5.70 Å². The number of fused-ring (bicyclic) bond motifs is 5. The minimum atomic E-state index is 0.313. The van der Waals surface area contributed by atoms with Crippen molar-refractivity contribution in [2.75, 3.05) is 7.11 Å². The van der Waals surface area contributed by atoms with Crippen molar-refractivity contribution in [3.05, 3.63) is 36.4 Å². The van der Waals surface area contributed by atoms with Gasteiger partial charge in [0.1, 0.15) is 0 Å². The van der Waals surface area contributed by atoms with Crippen LogP contribution in [-0.2, 0) is 4.74 Å². The number of ether oxygens (including phenoxy) is 1. The fraction of sp³-hybridized carbons (Fsp3) is 0.696. The zero-order valence-electron chi connectivity index (χ0n) is 16.4. The van der Waals surface area contributed by atoms with Gasteiger partial charge in [-0.15, -0.1) is 0 Å². The van der Waals surface area contributed by atoms with Crippen LogP contribution >= 0.6 is 0 Å². The minimum Gasteiger partial charge on any atom is -0.381 e. The van der Waals surface area contributed by atoms with Gasteiger partial charge in [-0.1, -0.05) is 31.6 Å². The number of imidazole rings is 1. The monoisotopic (exact) mass is 352 g/mol. The average molecular weight is 353 g/mol. The molecule has 0 spiro atoms. The van der Waals surface area contributed by atoms with Crippen LogP contribution in [0.25, 0.3) is 5.70 Å². The third-order valence-electron chi connectivity index (χ3n) is 8.71. The Morgan fingerprint density at radius 3 is 2.69 bits per heavy atom. The van der Waals surface area contributed by atoms with E-state index in [1.54, 1.807) is 5.57 Å². The molecule has 3 nitrogen and oxygen atoms in total. The number of hydrogen-bond acceptors (Lipinski definition) is 2. The second-order valence-corrected chi connectivity index (χ2v) is 9.61. The van der Waals surface area contributed by atoms with Gasteiger partial charge in [0, 0.05) is 30.6 Å². The maximum atomic E-state index is 5.70. The summed E-state index contributed by atoms with van der Waals surface area (Å²) in [4.78, 5) is 4.30. The van der Waals surface area contributed by atoms with Crippen molar-refractivity contribution in [3.8, 4) is 0 Å². The van der Waals surface area contributed by atoms with Crippen LogP contribution in [0.5, 0.6) is 0 Å². The molecule has 5 rings (SSSR count). The number of aromatic nitrogens is 2. The van der Waals surface area contributed by atoms with E-state index in [4.69, 9.17) is 4.74 Å². The molecular formula is C23H32N2O. The lowest BCUT2D eigenvalue weighted by molar-refractivity contribution is -0.0311. The van der Waals surface area contributed by atoms with E-state index in [1.807, 2.05) is 19.6 Å². The summed E-state index contributed by atoms with van der Waals surface area (Å²) in [6.45, 7) is 5.10. The second-order valence-electron chi connectivity index (χ2n) is 9.61. The molecule has 4 aliphatic rings. The Morgan fingerprint density at radius 2 is 1.92 bits per heavy atom. The molecule has 140 valence electrons. The SMILES string of the molecule is CO[C@H]1CC[C@@]2(C)C(=CCC3C2CC[C@]2(C)C(n4ccnc4)=CCC32)C1. The molecular weight excluding hydrogens is 320 g/mol. The highest BCUT2D eigenvalue weighted by atomic mass is 16.5. The van der Waals surface area contributed by atoms with E-state index >= 15 is 0 Å². The molecule has 0 amide bonds. The molecule has 1 aromatic rings. The van der Waals surface area contributed by atoms with Crippen molar-refractivity contribution in [1.29, 1.82) is 0 Å². The first kappa shape index (κ1) is 16.8. The number of allylic oxidation sites excluding steroid dienone is 3. The fourth-order valence-corrected chi connectivity index (χ4v) is 7.18. The lowest BCUT2D eigenvalue weighted by Crippen LogP contribution is -2.50. The fourth-order valence-electron chi connectivity index (χ4n) is 7.18. The number of hydrogen-bond donors (Lipinski definition) is 0. The second kappa shape index (κ2) is 5.82. The van der Waals surface area contributed by atoms with E-state index in [9.17, 15) is 0 Å². The van der Waals surface area contributed by atoms with Crippen LogP contribution in [0.3, 0.4) is 0 Å². The van der Waals surface area contributed by atoms with Crippen LogP contribution < -0.4 is 0 Å². The van der Waals surface area contributed by atoms with Gasteiger partial charge in [-0.25, -0.2) is 4.98 Å². The highest BCUT2D eigenvalue weighted by molar-refractivity contribution is 5.57. The summed E-state index contributed by atoms with van der Waals surface area (Å²) in [5, 5.41) is 0. The minimum absolute atomic E-state index is 0.313. The Kier molecular flexibility index (Phi) is 3.76. The normalized spacial score (nSPS) is 44.6. The van der Waals surface area contributed by atoms with Gasteiger partial charge in [-0.3, -0.25) is 0 Å². The van der Waals surface area contributed by atoms with Gasteiger partial charge in [0.2, 0.25) is 0 Å². The van der Waals surface area contributed by atoms with E-state index in [0.717, 1.165) is 24.2 Å². The van der Waals surface area contributed by atoms with Gasteiger partial charge in [0.05, 0.1) is 12.4 Å². The molecule has 2 fully saturated rings. The van der Waals surface area contributed by atoms with E-state index in [-0.39, 0.29) is 0 Å². The van der Waals surface area contributed by atoms with Crippen molar-refractivity contribution < 1.29 is 4.74 Å². The van der Waals surface area contributed by atoms with Gasteiger partial charge in [-0.2, -0.15) is 0 Å². The standard InChI is InChI=1S/C23H32N2O/c1-22-10-8-17(26-3)14-16(22)4-5-18-19-6-7-21(25-13-12-24-15-25)23(19,2)11-9-20(18)22/h4,7,12-13,15,17-20H,5-6,8-11,14H2,1-3H3/t17-,18?,19?,20?,22-,23-/m0/s1. The maximum absolute atomic E-state index is 5.70. The maximum Gasteiger partial charge on any atom is 0.0989 e. The van der Waals surface area contributed by atoms with E-state index in [2.05, 4.69) is 41.7 Å². The highest BCUT2D eigenvalue weighted by Crippen LogP contribution is 2.65. The summed E-state index contributed by atoms with van der Waals surface area (Å²) < 4.78 is 7.98. The molecule has 1 aromatic heterocycles. The molecule has 2 saturated carbocycles. The predicted octanol–water partition coefficient (Wildman–Crippen LogP) is 5.31. The smallest absolute Gasteiger partial charge is 0.0989 e. The molecule has 0 bridgehead atoms. The Hall–Kier alpha value is -1.35. The van der Waals surface area contributed by atoms with Crippen LogP contribution in [-0.4, -0.2) is 22.8 Å². The Bertz CT molecular complexity index is 748. The number of rotatable bonds is 2. The van der Waals surface area contributed by atoms with Gasteiger partial charge in [0.15, 0.2) is 0 Å². The van der Waals surface area contributed by atoms with Crippen molar-refractivity contribution in [2.45, 2.75) is 64.9 Å².